The fourth-order valence-corrected chi connectivity index (χ4v) is 1.12. The summed E-state index contributed by atoms with van der Waals surface area (Å²) < 4.78 is 0. The molecule has 1 rings (SSSR count). The minimum absolute atomic E-state index is 0.00918. The highest BCUT2D eigenvalue weighted by Crippen LogP contribution is 2.27. The van der Waals surface area contributed by atoms with Crippen molar-refractivity contribution in [3.63, 3.8) is 0 Å². The van der Waals surface area contributed by atoms with Crippen molar-refractivity contribution in [1.29, 1.82) is 5.39 Å². The summed E-state index contributed by atoms with van der Waals surface area (Å²) in [5.74, 6) is -1.28. The van der Waals surface area contributed by atoms with Gasteiger partial charge in [-0.15, -0.1) is 0 Å². The van der Waals surface area contributed by atoms with Crippen LogP contribution in [0.2, 0.25) is 0 Å². The number of nitrogens with two attached hydrogens (primary N) is 1. The first-order valence-electron chi connectivity index (χ1n) is 4.20. The Bertz CT molecular complexity index is 425. The molecule has 1 aromatic rings. The van der Waals surface area contributed by atoms with Gasteiger partial charge in [0, 0.05) is 6.07 Å². The Kier molecular flexibility index (Phi) is 3.21. The fourth-order valence-electron chi connectivity index (χ4n) is 1.12. The monoisotopic (exact) mass is 208 g/mol. The molecule has 1 unspecified atom stereocenters. The molecule has 1 aromatic carbocycles. The van der Waals surface area contributed by atoms with Crippen molar-refractivity contribution in [2.45, 2.75) is 12.5 Å². The number of nitrogens with zero attached hydrogens (tertiary/aromatic N) is 2. The molecule has 0 spiro atoms. The van der Waals surface area contributed by atoms with Crippen LogP contribution in [-0.2, 0) is 11.2 Å². The van der Waals surface area contributed by atoms with Crippen LogP contribution in [0.4, 0.5) is 5.69 Å². The molecule has 15 heavy (non-hydrogen) atoms. The lowest BCUT2D eigenvalue weighted by atomic mass is 10.1. The zero-order valence-corrected chi connectivity index (χ0v) is 7.79. The van der Waals surface area contributed by atoms with E-state index in [9.17, 15) is 9.90 Å². The number of aromatic hydroxyl groups is 1. The molecular weight excluding hydrogens is 198 g/mol. The van der Waals surface area contributed by atoms with E-state index in [0.29, 0.717) is 5.56 Å². The van der Waals surface area contributed by atoms with Gasteiger partial charge in [0.15, 0.2) is 4.98 Å². The van der Waals surface area contributed by atoms with Crippen molar-refractivity contribution in [1.82, 2.24) is 0 Å². The molecule has 0 radical (unpaired) electrons. The van der Waals surface area contributed by atoms with Gasteiger partial charge in [0.05, 0.1) is 0 Å². The molecule has 0 saturated heterocycles. The van der Waals surface area contributed by atoms with Gasteiger partial charge in [0.25, 0.3) is 0 Å². The lowest BCUT2D eigenvalue weighted by Crippen LogP contribution is -2.32. The van der Waals surface area contributed by atoms with Gasteiger partial charge in [0.2, 0.25) is 11.1 Å². The third-order valence-corrected chi connectivity index (χ3v) is 1.92. The van der Waals surface area contributed by atoms with Crippen molar-refractivity contribution < 1.29 is 15.0 Å². The molecule has 0 aliphatic heterocycles. The topological polar surface area (TPSA) is 112 Å². The molecule has 0 amide bonds. The Morgan fingerprint density at radius 3 is 2.80 bits per heavy atom. The summed E-state index contributed by atoms with van der Waals surface area (Å²) >= 11 is 0. The molecule has 78 valence electrons. The third-order valence-electron chi connectivity index (χ3n) is 1.92. The van der Waals surface area contributed by atoms with Crippen LogP contribution in [0.15, 0.2) is 18.2 Å². The number of benzene rings is 1. The molecule has 0 heterocycles. The van der Waals surface area contributed by atoms with Crippen LogP contribution >= 0.6 is 0 Å². The maximum atomic E-state index is 10.5. The van der Waals surface area contributed by atoms with Gasteiger partial charge in [-0.05, 0) is 18.1 Å². The van der Waals surface area contributed by atoms with E-state index in [1.165, 1.54) is 18.2 Å². The van der Waals surface area contributed by atoms with Crippen molar-refractivity contribution >= 4 is 11.7 Å². The van der Waals surface area contributed by atoms with Gasteiger partial charge >= 0.3 is 11.7 Å². The standard InChI is InChI=1S/C9H9N3O3/c10-6(9(14)15)3-5-1-2-8(13)7(4-5)12-11/h1-2,4,6H,3,10H2,(H-,13,14,15)/p+1. The predicted octanol–water partition coefficient (Wildman–Crippen LogP) is 0.831. The van der Waals surface area contributed by atoms with Crippen LogP contribution < -0.4 is 5.73 Å². The number of rotatable bonds is 3. The van der Waals surface area contributed by atoms with Gasteiger partial charge in [0.1, 0.15) is 6.04 Å². The van der Waals surface area contributed by atoms with Gasteiger partial charge in [-0.3, -0.25) is 4.79 Å². The van der Waals surface area contributed by atoms with Gasteiger partial charge in [-0.2, -0.15) is 0 Å². The summed E-state index contributed by atoms with van der Waals surface area (Å²) in [4.78, 5) is 13.3. The maximum Gasteiger partial charge on any atom is 0.426 e. The summed E-state index contributed by atoms with van der Waals surface area (Å²) in [6.07, 6.45) is 0.109. The lowest BCUT2D eigenvalue weighted by Gasteiger charge is -2.04. The Hall–Kier alpha value is -2.13. The largest absolute Gasteiger partial charge is 0.501 e. The third kappa shape index (κ3) is 2.65. The predicted molar refractivity (Wildman–Crippen MR) is 52.2 cm³/mol. The average Bonchev–Trinajstić information content (AvgIpc) is 2.20. The Morgan fingerprint density at radius 2 is 2.27 bits per heavy atom. The fraction of sp³-hybridized carbons (Fsp3) is 0.222. The number of hydrogen-bond acceptors (Lipinski definition) is 4. The molecule has 0 aliphatic rings. The van der Waals surface area contributed by atoms with Crippen molar-refractivity contribution in [2.24, 2.45) is 5.73 Å². The second kappa shape index (κ2) is 4.39. The number of carboxylic acids is 1. The number of phenolic OH excluding ortho intramolecular Hbond substituents is 1. The molecule has 6 nitrogen and oxygen atoms in total. The summed E-state index contributed by atoms with van der Waals surface area (Å²) in [5.41, 5.74) is 5.89. The van der Waals surface area contributed by atoms with E-state index in [2.05, 4.69) is 4.98 Å². The van der Waals surface area contributed by atoms with E-state index in [-0.39, 0.29) is 17.9 Å². The molecule has 4 N–H and O–H groups in total. The molecule has 0 aliphatic carbocycles. The second-order valence-corrected chi connectivity index (χ2v) is 3.07. The number of hydrogen-bond donors (Lipinski definition) is 3. The number of diazo groups is 1. The lowest BCUT2D eigenvalue weighted by molar-refractivity contribution is -0.138. The zero-order valence-electron chi connectivity index (χ0n) is 7.79. The Labute approximate surface area is 85.6 Å². The highest BCUT2D eigenvalue weighted by Gasteiger charge is 2.17. The quantitative estimate of drug-likeness (QED) is 0.637. The van der Waals surface area contributed by atoms with E-state index in [0.717, 1.165) is 0 Å². The SMILES string of the molecule is N#[N+]c1cc(CC(N)C(=O)O)ccc1O. The zero-order chi connectivity index (χ0) is 11.4. The highest BCUT2D eigenvalue weighted by molar-refractivity contribution is 5.73. The molecule has 6 heteroatoms. The van der Waals surface area contributed by atoms with Gasteiger partial charge in [-0.25, -0.2) is 0 Å². The van der Waals surface area contributed by atoms with Crippen LogP contribution in [0, 0.1) is 5.39 Å². The smallest absolute Gasteiger partial charge is 0.426 e. The Morgan fingerprint density at radius 1 is 1.60 bits per heavy atom. The minimum atomic E-state index is -1.11. The molecule has 0 fully saturated rings. The first-order valence-corrected chi connectivity index (χ1v) is 4.20. The van der Waals surface area contributed by atoms with Crippen molar-refractivity contribution in [3.05, 3.63) is 28.7 Å². The average molecular weight is 208 g/mol. The first-order chi connectivity index (χ1) is 7.04. The molecule has 0 bridgehead atoms. The Balaban J connectivity index is 2.89. The highest BCUT2D eigenvalue weighted by atomic mass is 16.4. The molecule has 0 aromatic heterocycles. The van der Waals surface area contributed by atoms with Gasteiger partial charge < -0.3 is 15.9 Å². The van der Waals surface area contributed by atoms with Crippen LogP contribution in [0.3, 0.4) is 0 Å². The number of phenols is 1. The van der Waals surface area contributed by atoms with E-state index in [1.807, 2.05) is 0 Å². The summed E-state index contributed by atoms with van der Waals surface area (Å²) in [6.45, 7) is 0. The maximum absolute atomic E-state index is 10.5. The van der Waals surface area contributed by atoms with Crippen LogP contribution in [0.25, 0.3) is 4.98 Å². The van der Waals surface area contributed by atoms with E-state index in [1.54, 1.807) is 0 Å². The second-order valence-electron chi connectivity index (χ2n) is 3.07. The normalized spacial score (nSPS) is 11.7. The molecular formula is C9H10N3O3+. The van der Waals surface area contributed by atoms with E-state index < -0.39 is 12.0 Å². The minimum Gasteiger partial charge on any atom is -0.501 e. The van der Waals surface area contributed by atoms with Crippen molar-refractivity contribution in [3.8, 4) is 5.75 Å². The van der Waals surface area contributed by atoms with Crippen LogP contribution in [0.1, 0.15) is 5.56 Å². The van der Waals surface area contributed by atoms with Crippen molar-refractivity contribution in [2.75, 3.05) is 0 Å². The summed E-state index contributed by atoms with van der Waals surface area (Å²) in [5, 5.41) is 26.3. The number of aliphatic carboxylic acids is 1. The number of carboxylic acid groups (broad SMARTS) is 1. The molecule has 0 saturated carbocycles. The van der Waals surface area contributed by atoms with E-state index >= 15 is 0 Å². The van der Waals surface area contributed by atoms with Crippen LogP contribution in [0.5, 0.6) is 5.75 Å². The van der Waals surface area contributed by atoms with Gasteiger partial charge in [-0.1, -0.05) is 6.07 Å². The molecule has 1 atom stereocenters. The van der Waals surface area contributed by atoms with E-state index in [4.69, 9.17) is 16.2 Å². The summed E-state index contributed by atoms with van der Waals surface area (Å²) in [6, 6.07) is 3.20. The summed E-state index contributed by atoms with van der Waals surface area (Å²) in [7, 11) is 0. The van der Waals surface area contributed by atoms with Crippen LogP contribution in [-0.4, -0.2) is 22.2 Å². The first kappa shape index (κ1) is 10.9. The number of carbonyl (C=O) groups is 1.